The van der Waals surface area contributed by atoms with Crippen molar-refractivity contribution in [1.29, 1.82) is 0 Å². The van der Waals surface area contributed by atoms with Crippen molar-refractivity contribution >= 4 is 27.5 Å². The molecule has 0 saturated heterocycles. The van der Waals surface area contributed by atoms with Crippen LogP contribution in [0.25, 0.3) is 0 Å². The van der Waals surface area contributed by atoms with Gasteiger partial charge in [-0.1, -0.05) is 22.0 Å². The van der Waals surface area contributed by atoms with Crippen LogP contribution in [0.4, 0.5) is 5.69 Å². The number of anilines is 1. The Balaban J connectivity index is 1.67. The second-order valence-electron chi connectivity index (χ2n) is 5.49. The number of hydrogen-bond donors (Lipinski definition) is 1. The van der Waals surface area contributed by atoms with E-state index in [4.69, 9.17) is 14.2 Å². The fraction of sp³-hybridized carbons (Fsp3) is 0.158. The Kier molecular flexibility index (Phi) is 5.97. The lowest BCUT2D eigenvalue weighted by atomic mass is 10.1. The molecule has 1 heterocycles. The summed E-state index contributed by atoms with van der Waals surface area (Å²) in [6, 6.07) is 12.6. The molecule has 3 aromatic rings. The minimum atomic E-state index is -0.349. The molecule has 0 bridgehead atoms. The molecule has 0 aliphatic rings. The molecule has 0 radical (unpaired) electrons. The molecule has 0 atom stereocenters. The lowest BCUT2D eigenvalue weighted by molar-refractivity contribution is 0.102. The molecule has 27 heavy (non-hydrogen) atoms. The van der Waals surface area contributed by atoms with Gasteiger partial charge in [-0.05, 0) is 36.4 Å². The summed E-state index contributed by atoms with van der Waals surface area (Å²) in [7, 11) is 3.01. The van der Waals surface area contributed by atoms with E-state index in [0.29, 0.717) is 22.7 Å². The van der Waals surface area contributed by atoms with Crippen LogP contribution >= 0.6 is 15.9 Å². The van der Waals surface area contributed by atoms with Crippen molar-refractivity contribution in [2.75, 3.05) is 19.5 Å². The number of carbonyl (C=O) groups is 1. The van der Waals surface area contributed by atoms with Gasteiger partial charge in [0.15, 0.2) is 6.73 Å². The summed E-state index contributed by atoms with van der Waals surface area (Å²) in [6.45, 7) is 0.218. The van der Waals surface area contributed by atoms with Crippen molar-refractivity contribution in [3.8, 4) is 17.2 Å². The predicted octanol–water partition coefficient (Wildman–Crippen LogP) is 3.95. The van der Waals surface area contributed by atoms with Gasteiger partial charge in [0.25, 0.3) is 5.91 Å². The SMILES string of the molecule is COc1cccc(OC)c1C(=O)Nc1cnn(COc2ccc(Br)cc2)c1. The maximum atomic E-state index is 12.7. The molecule has 0 fully saturated rings. The third-order valence-electron chi connectivity index (χ3n) is 3.72. The summed E-state index contributed by atoms with van der Waals surface area (Å²) < 4.78 is 18.7. The van der Waals surface area contributed by atoms with Crippen LogP contribution in [0, 0.1) is 0 Å². The number of nitrogens with one attached hydrogen (secondary N) is 1. The Labute approximate surface area is 165 Å². The number of carbonyl (C=O) groups excluding carboxylic acids is 1. The summed E-state index contributed by atoms with van der Waals surface area (Å²) in [5.41, 5.74) is 0.855. The molecule has 3 rings (SSSR count). The van der Waals surface area contributed by atoms with Gasteiger partial charge in [-0.3, -0.25) is 4.79 Å². The molecule has 0 spiro atoms. The highest BCUT2D eigenvalue weighted by Crippen LogP contribution is 2.29. The monoisotopic (exact) mass is 431 g/mol. The van der Waals surface area contributed by atoms with Crippen LogP contribution in [-0.4, -0.2) is 29.9 Å². The van der Waals surface area contributed by atoms with E-state index in [-0.39, 0.29) is 12.6 Å². The third kappa shape index (κ3) is 4.59. The van der Waals surface area contributed by atoms with Gasteiger partial charge in [-0.2, -0.15) is 5.10 Å². The molecule has 2 aromatic carbocycles. The number of methoxy groups -OCH3 is 2. The molecule has 1 aromatic heterocycles. The Morgan fingerprint density at radius 1 is 1.11 bits per heavy atom. The number of halogens is 1. The smallest absolute Gasteiger partial charge is 0.263 e. The number of hydrogen-bond acceptors (Lipinski definition) is 5. The fourth-order valence-electron chi connectivity index (χ4n) is 2.44. The number of benzene rings is 2. The van der Waals surface area contributed by atoms with Gasteiger partial charge in [0, 0.05) is 4.47 Å². The van der Waals surface area contributed by atoms with Crippen molar-refractivity contribution in [1.82, 2.24) is 9.78 Å². The first-order valence-corrected chi connectivity index (χ1v) is 8.83. The molecule has 0 aliphatic heterocycles. The summed E-state index contributed by atoms with van der Waals surface area (Å²) >= 11 is 3.38. The topological polar surface area (TPSA) is 74.6 Å². The Morgan fingerprint density at radius 3 is 2.41 bits per heavy atom. The Hall–Kier alpha value is -3.00. The van der Waals surface area contributed by atoms with Crippen LogP contribution in [0.5, 0.6) is 17.2 Å². The van der Waals surface area contributed by atoms with Gasteiger partial charge >= 0.3 is 0 Å². The fourth-order valence-corrected chi connectivity index (χ4v) is 2.70. The minimum absolute atomic E-state index is 0.218. The Bertz CT molecular complexity index is 903. The van der Waals surface area contributed by atoms with E-state index in [9.17, 15) is 4.79 Å². The van der Waals surface area contributed by atoms with Crippen molar-refractivity contribution in [2.24, 2.45) is 0 Å². The normalized spacial score (nSPS) is 10.3. The molecular formula is C19H18BrN3O4. The van der Waals surface area contributed by atoms with Gasteiger partial charge < -0.3 is 19.5 Å². The molecule has 140 valence electrons. The summed E-state index contributed by atoms with van der Waals surface area (Å²) in [4.78, 5) is 12.7. The first-order valence-electron chi connectivity index (χ1n) is 8.04. The molecule has 1 amide bonds. The third-order valence-corrected chi connectivity index (χ3v) is 4.25. The molecule has 7 nitrogen and oxygen atoms in total. The van der Waals surface area contributed by atoms with Crippen molar-refractivity contribution in [3.63, 3.8) is 0 Å². The van der Waals surface area contributed by atoms with E-state index < -0.39 is 0 Å². The zero-order valence-corrected chi connectivity index (χ0v) is 16.4. The molecule has 8 heteroatoms. The summed E-state index contributed by atoms with van der Waals surface area (Å²) in [5.74, 6) is 1.23. The first kappa shape index (κ1) is 18.8. The van der Waals surface area contributed by atoms with E-state index in [0.717, 1.165) is 10.2 Å². The summed E-state index contributed by atoms with van der Waals surface area (Å²) in [6.07, 6.45) is 3.23. The van der Waals surface area contributed by atoms with Gasteiger partial charge in [0.05, 0.1) is 32.3 Å². The van der Waals surface area contributed by atoms with E-state index in [1.165, 1.54) is 14.2 Å². The Morgan fingerprint density at radius 2 is 1.78 bits per heavy atom. The lowest BCUT2D eigenvalue weighted by Gasteiger charge is -2.12. The summed E-state index contributed by atoms with van der Waals surface area (Å²) in [5, 5.41) is 6.98. The van der Waals surface area contributed by atoms with E-state index in [1.807, 2.05) is 24.3 Å². The van der Waals surface area contributed by atoms with E-state index in [1.54, 1.807) is 35.3 Å². The molecule has 1 N–H and O–H groups in total. The van der Waals surface area contributed by atoms with Gasteiger partial charge in [0.2, 0.25) is 0 Å². The molecule has 0 saturated carbocycles. The van der Waals surface area contributed by atoms with Crippen molar-refractivity contribution in [2.45, 2.75) is 6.73 Å². The number of nitrogens with zero attached hydrogens (tertiary/aromatic N) is 2. The number of rotatable bonds is 7. The van der Waals surface area contributed by atoms with Gasteiger partial charge in [0.1, 0.15) is 22.8 Å². The average molecular weight is 432 g/mol. The zero-order chi connectivity index (χ0) is 19.2. The van der Waals surface area contributed by atoms with Crippen LogP contribution in [0.2, 0.25) is 0 Å². The second kappa shape index (κ2) is 8.59. The van der Waals surface area contributed by atoms with Crippen LogP contribution in [0.15, 0.2) is 59.3 Å². The average Bonchev–Trinajstić information content (AvgIpc) is 3.14. The predicted molar refractivity (Wildman–Crippen MR) is 104 cm³/mol. The molecular weight excluding hydrogens is 414 g/mol. The van der Waals surface area contributed by atoms with Crippen LogP contribution in [0.1, 0.15) is 10.4 Å². The standard InChI is InChI=1S/C19H18BrN3O4/c1-25-16-4-3-5-17(26-2)18(16)19(24)22-14-10-21-23(11-14)12-27-15-8-6-13(20)7-9-15/h3-11H,12H2,1-2H3,(H,22,24). The van der Waals surface area contributed by atoms with Crippen LogP contribution in [0.3, 0.4) is 0 Å². The highest BCUT2D eigenvalue weighted by Gasteiger charge is 2.18. The highest BCUT2D eigenvalue weighted by molar-refractivity contribution is 9.10. The first-order chi connectivity index (χ1) is 13.1. The number of ether oxygens (including phenoxy) is 3. The maximum absolute atomic E-state index is 12.7. The maximum Gasteiger partial charge on any atom is 0.263 e. The second-order valence-corrected chi connectivity index (χ2v) is 6.40. The largest absolute Gasteiger partial charge is 0.496 e. The highest BCUT2D eigenvalue weighted by atomic mass is 79.9. The molecule has 0 unspecified atom stereocenters. The zero-order valence-electron chi connectivity index (χ0n) is 14.8. The van der Waals surface area contributed by atoms with Crippen molar-refractivity contribution < 1.29 is 19.0 Å². The number of aromatic nitrogens is 2. The van der Waals surface area contributed by atoms with Gasteiger partial charge in [-0.25, -0.2) is 4.68 Å². The van der Waals surface area contributed by atoms with Crippen LogP contribution < -0.4 is 19.5 Å². The molecule has 0 aliphatic carbocycles. The van der Waals surface area contributed by atoms with E-state index >= 15 is 0 Å². The van der Waals surface area contributed by atoms with Crippen LogP contribution in [-0.2, 0) is 6.73 Å². The van der Waals surface area contributed by atoms with Crippen molar-refractivity contribution in [3.05, 3.63) is 64.9 Å². The number of amides is 1. The minimum Gasteiger partial charge on any atom is -0.496 e. The van der Waals surface area contributed by atoms with Gasteiger partial charge in [-0.15, -0.1) is 0 Å². The van der Waals surface area contributed by atoms with E-state index in [2.05, 4.69) is 26.3 Å². The quantitative estimate of drug-likeness (QED) is 0.612. The lowest BCUT2D eigenvalue weighted by Crippen LogP contribution is -2.14.